The molecule has 0 unspecified atom stereocenters. The van der Waals surface area contributed by atoms with E-state index in [2.05, 4.69) is 15.3 Å². The van der Waals surface area contributed by atoms with Gasteiger partial charge < -0.3 is 4.74 Å². The number of benzene rings is 1. The average molecular weight is 591 g/mol. The molecule has 1 saturated carbocycles. The van der Waals surface area contributed by atoms with Gasteiger partial charge in [-0.25, -0.2) is 17.9 Å². The van der Waals surface area contributed by atoms with E-state index in [9.17, 15) is 18.0 Å². The van der Waals surface area contributed by atoms with E-state index in [0.29, 0.717) is 16.4 Å². The second kappa shape index (κ2) is 9.92. The smallest absolute Gasteiger partial charge is 0.348 e. The maximum Gasteiger partial charge on any atom is 0.348 e. The van der Waals surface area contributed by atoms with Crippen molar-refractivity contribution in [3.05, 3.63) is 74.4 Å². The topological polar surface area (TPSA) is 131 Å². The molecule has 39 heavy (non-hydrogen) atoms. The molecule has 4 aromatic rings. The monoisotopic (exact) mass is 590 g/mol. The molecular weight excluding hydrogens is 567 g/mol. The molecule has 0 atom stereocenters. The van der Waals surface area contributed by atoms with Crippen molar-refractivity contribution in [3.8, 4) is 5.88 Å². The zero-order valence-electron chi connectivity index (χ0n) is 21.5. The van der Waals surface area contributed by atoms with Gasteiger partial charge in [0.1, 0.15) is 11.1 Å². The van der Waals surface area contributed by atoms with Crippen LogP contribution in [0.25, 0.3) is 0 Å². The van der Waals surface area contributed by atoms with E-state index in [0.717, 1.165) is 19.1 Å². The van der Waals surface area contributed by atoms with E-state index < -0.39 is 21.6 Å². The molecule has 3 aromatic heterocycles. The van der Waals surface area contributed by atoms with E-state index in [1.165, 1.54) is 44.8 Å². The van der Waals surface area contributed by atoms with Gasteiger partial charge in [-0.2, -0.15) is 15.3 Å². The number of aryl methyl sites for hydroxylation is 3. The second-order valence-electron chi connectivity index (χ2n) is 9.52. The summed E-state index contributed by atoms with van der Waals surface area (Å²) in [5.41, 5.74) is 1.56. The summed E-state index contributed by atoms with van der Waals surface area (Å²) >= 11 is 12.7. The van der Waals surface area contributed by atoms with Crippen LogP contribution in [0.3, 0.4) is 0 Å². The minimum atomic E-state index is -3.70. The van der Waals surface area contributed by atoms with Crippen LogP contribution in [0.5, 0.6) is 5.88 Å². The van der Waals surface area contributed by atoms with Gasteiger partial charge in [0.2, 0.25) is 11.7 Å². The van der Waals surface area contributed by atoms with Crippen LogP contribution in [-0.2, 0) is 30.5 Å². The molecule has 11 nitrogen and oxygen atoms in total. The van der Waals surface area contributed by atoms with Crippen LogP contribution in [-0.4, -0.2) is 55.8 Å². The van der Waals surface area contributed by atoms with Gasteiger partial charge in [-0.3, -0.25) is 14.2 Å². The molecular formula is C25H24Cl2N6O5S. The van der Waals surface area contributed by atoms with E-state index in [1.54, 1.807) is 21.0 Å². The minimum absolute atomic E-state index is 0.0289. The Hall–Kier alpha value is -3.48. The van der Waals surface area contributed by atoms with Gasteiger partial charge in [0, 0.05) is 49.8 Å². The van der Waals surface area contributed by atoms with E-state index in [-0.39, 0.29) is 50.5 Å². The summed E-state index contributed by atoms with van der Waals surface area (Å²) in [6.07, 6.45) is 7.18. The van der Waals surface area contributed by atoms with Crippen LogP contribution in [0.15, 0.2) is 35.6 Å². The van der Waals surface area contributed by atoms with Crippen molar-refractivity contribution in [2.75, 3.05) is 6.26 Å². The van der Waals surface area contributed by atoms with Crippen molar-refractivity contribution in [2.45, 2.75) is 37.1 Å². The Kier molecular flexibility index (Phi) is 6.90. The number of esters is 1. The molecule has 5 rings (SSSR count). The molecule has 1 aliphatic carbocycles. The first-order chi connectivity index (χ1) is 18.3. The number of rotatable bonds is 8. The third kappa shape index (κ3) is 5.23. The van der Waals surface area contributed by atoms with Crippen molar-refractivity contribution in [2.24, 2.45) is 14.1 Å². The molecule has 3 heterocycles. The molecule has 1 fully saturated rings. The third-order valence-electron chi connectivity index (χ3n) is 6.40. The molecule has 0 radical (unpaired) electrons. The van der Waals surface area contributed by atoms with Crippen LogP contribution in [0.4, 0.5) is 0 Å². The second-order valence-corrected chi connectivity index (χ2v) is 12.3. The molecule has 1 aliphatic rings. The maximum absolute atomic E-state index is 14.1. The van der Waals surface area contributed by atoms with Crippen molar-refractivity contribution in [1.82, 2.24) is 29.3 Å². The Morgan fingerprint density at radius 3 is 2.38 bits per heavy atom. The fraction of sp³-hybridized carbons (Fsp3) is 0.320. The van der Waals surface area contributed by atoms with E-state index in [1.807, 2.05) is 0 Å². The van der Waals surface area contributed by atoms with Crippen LogP contribution in [0, 0.1) is 6.92 Å². The predicted octanol–water partition coefficient (Wildman–Crippen LogP) is 3.74. The standard InChI is InChI=1S/C25H24Cl2N6O5S/c1-13-17(11-31(2)29-13)25(35)38-24-20(22(14-5-6-14)30-32(24)3)23(34)16-7-8-19(39(4,36)37)18(21(16)27)12-33-10-15(26)9-28-33/h7-11,14H,5-6,12H2,1-4H3. The van der Waals surface area contributed by atoms with Crippen molar-refractivity contribution in [1.29, 1.82) is 0 Å². The van der Waals surface area contributed by atoms with Crippen molar-refractivity contribution < 1.29 is 22.7 Å². The number of ketones is 1. The molecule has 0 spiro atoms. The summed E-state index contributed by atoms with van der Waals surface area (Å²) < 4.78 is 35.1. The lowest BCUT2D eigenvalue weighted by Gasteiger charge is -2.14. The van der Waals surface area contributed by atoms with Gasteiger partial charge in [0.15, 0.2) is 9.84 Å². The summed E-state index contributed by atoms with van der Waals surface area (Å²) in [6, 6.07) is 2.70. The average Bonchev–Trinajstić information content (AvgIpc) is 3.42. The third-order valence-corrected chi connectivity index (χ3v) is 8.21. The Labute approximate surface area is 234 Å². The SMILES string of the molecule is Cc1nn(C)cc1C(=O)Oc1c(C(=O)c2ccc(S(C)(=O)=O)c(Cn3cc(Cl)cn3)c2Cl)c(C2CC2)nn1C. The first kappa shape index (κ1) is 27.1. The summed E-state index contributed by atoms with van der Waals surface area (Å²) in [5, 5.41) is 13.1. The highest BCUT2D eigenvalue weighted by Crippen LogP contribution is 2.44. The lowest BCUT2D eigenvalue weighted by molar-refractivity contribution is 0.0717. The summed E-state index contributed by atoms with van der Waals surface area (Å²) in [4.78, 5) is 27.1. The summed E-state index contributed by atoms with van der Waals surface area (Å²) in [5.74, 6) is -1.23. The summed E-state index contributed by atoms with van der Waals surface area (Å²) in [7, 11) is -0.433. The van der Waals surface area contributed by atoms with Crippen LogP contribution < -0.4 is 4.74 Å². The number of hydrogen-bond acceptors (Lipinski definition) is 8. The Bertz CT molecular complexity index is 1750. The molecule has 0 aliphatic heterocycles. The number of carbonyl (C=O) groups is 2. The van der Waals surface area contributed by atoms with E-state index in [4.69, 9.17) is 27.9 Å². The van der Waals surface area contributed by atoms with Gasteiger partial charge in [-0.05, 0) is 31.9 Å². The first-order valence-corrected chi connectivity index (χ1v) is 14.5. The highest BCUT2D eigenvalue weighted by atomic mass is 35.5. The quantitative estimate of drug-likeness (QED) is 0.224. The normalized spacial score (nSPS) is 13.6. The number of ether oxygens (including phenoxy) is 1. The number of nitrogens with zero attached hydrogens (tertiary/aromatic N) is 6. The number of sulfone groups is 1. The van der Waals surface area contributed by atoms with E-state index >= 15 is 0 Å². The highest BCUT2D eigenvalue weighted by Gasteiger charge is 2.37. The Balaban J connectivity index is 1.61. The van der Waals surface area contributed by atoms with Crippen molar-refractivity contribution >= 4 is 44.8 Å². The zero-order chi connectivity index (χ0) is 28.2. The first-order valence-electron chi connectivity index (χ1n) is 11.9. The predicted molar refractivity (Wildman–Crippen MR) is 142 cm³/mol. The van der Waals surface area contributed by atoms with Gasteiger partial charge >= 0.3 is 5.97 Å². The van der Waals surface area contributed by atoms with Crippen LogP contribution >= 0.6 is 23.2 Å². The Morgan fingerprint density at radius 2 is 1.82 bits per heavy atom. The largest absolute Gasteiger partial charge is 0.403 e. The van der Waals surface area contributed by atoms with Crippen molar-refractivity contribution in [3.63, 3.8) is 0 Å². The zero-order valence-corrected chi connectivity index (χ0v) is 23.8. The molecule has 0 bridgehead atoms. The molecule has 0 amide bonds. The minimum Gasteiger partial charge on any atom is -0.403 e. The molecule has 204 valence electrons. The molecule has 14 heteroatoms. The fourth-order valence-electron chi connectivity index (χ4n) is 4.44. The Morgan fingerprint density at radius 1 is 1.10 bits per heavy atom. The summed E-state index contributed by atoms with van der Waals surface area (Å²) in [6.45, 7) is 1.64. The van der Waals surface area contributed by atoms with Crippen LogP contribution in [0.1, 0.15) is 62.0 Å². The molecule has 0 N–H and O–H groups in total. The number of aromatic nitrogens is 6. The van der Waals surface area contributed by atoms with Gasteiger partial charge in [-0.1, -0.05) is 23.2 Å². The molecule has 1 aromatic carbocycles. The lowest BCUT2D eigenvalue weighted by atomic mass is 9.99. The molecule has 0 saturated heterocycles. The van der Waals surface area contributed by atoms with Gasteiger partial charge in [0.05, 0.1) is 39.1 Å². The number of hydrogen-bond donors (Lipinski definition) is 0. The van der Waals surface area contributed by atoms with Gasteiger partial charge in [0.25, 0.3) is 0 Å². The maximum atomic E-state index is 14.1. The highest BCUT2D eigenvalue weighted by molar-refractivity contribution is 7.90. The number of halogens is 2. The lowest BCUT2D eigenvalue weighted by Crippen LogP contribution is -2.16. The fourth-order valence-corrected chi connectivity index (χ4v) is 5.89. The number of carbonyl (C=O) groups excluding carboxylic acids is 2. The van der Waals surface area contributed by atoms with Gasteiger partial charge in [-0.15, -0.1) is 0 Å². The van der Waals surface area contributed by atoms with Crippen LogP contribution in [0.2, 0.25) is 10.0 Å².